The molecule has 0 spiro atoms. The van der Waals surface area contributed by atoms with Gasteiger partial charge in [-0.1, -0.05) is 39.5 Å². The average molecular weight is 551 g/mol. The van der Waals surface area contributed by atoms with Gasteiger partial charge in [0.25, 0.3) is 11.7 Å². The van der Waals surface area contributed by atoms with Crippen LogP contribution in [0.3, 0.4) is 0 Å². The molecule has 1 atom stereocenters. The second-order valence-corrected chi connectivity index (χ2v) is 9.48. The molecule has 0 radical (unpaired) electrons. The van der Waals surface area contributed by atoms with Gasteiger partial charge in [0.1, 0.15) is 18.1 Å². The maximum Gasteiger partial charge on any atom is 0.295 e. The minimum absolute atomic E-state index is 0.0530. The number of ether oxygens (including phenoxy) is 3. The molecule has 0 aliphatic carbocycles. The number of ketones is 1. The monoisotopic (exact) mass is 550 g/mol. The molecule has 0 bridgehead atoms. The van der Waals surface area contributed by atoms with Crippen LogP contribution in [-0.2, 0) is 9.59 Å². The lowest BCUT2D eigenvalue weighted by Crippen LogP contribution is -2.33. The van der Waals surface area contributed by atoms with Crippen LogP contribution in [0.1, 0.15) is 57.7 Å². The number of hydrogen-bond acceptors (Lipinski definition) is 7. The molecule has 2 aromatic rings. The number of amides is 1. The predicted octanol–water partition coefficient (Wildman–Crippen LogP) is 5.59. The second kappa shape index (κ2) is 15.1. The van der Waals surface area contributed by atoms with Gasteiger partial charge in [-0.05, 0) is 81.4 Å². The molecule has 8 nitrogen and oxygen atoms in total. The molecule has 1 unspecified atom stereocenters. The molecule has 1 heterocycles. The van der Waals surface area contributed by atoms with E-state index in [-0.39, 0.29) is 11.3 Å². The third-order valence-corrected chi connectivity index (χ3v) is 6.85. The highest BCUT2D eigenvalue weighted by molar-refractivity contribution is 6.46. The molecule has 1 aliphatic heterocycles. The Morgan fingerprint density at radius 3 is 2.35 bits per heavy atom. The van der Waals surface area contributed by atoms with E-state index < -0.39 is 17.7 Å². The van der Waals surface area contributed by atoms with Gasteiger partial charge in [-0.25, -0.2) is 0 Å². The van der Waals surface area contributed by atoms with Crippen LogP contribution in [0, 0.1) is 0 Å². The van der Waals surface area contributed by atoms with Gasteiger partial charge < -0.3 is 29.1 Å². The van der Waals surface area contributed by atoms with E-state index in [1.165, 1.54) is 0 Å². The zero-order chi connectivity index (χ0) is 29.1. The van der Waals surface area contributed by atoms with Crippen LogP contribution in [0.2, 0.25) is 0 Å². The molecule has 1 fully saturated rings. The van der Waals surface area contributed by atoms with Crippen molar-refractivity contribution in [1.29, 1.82) is 0 Å². The van der Waals surface area contributed by atoms with Gasteiger partial charge >= 0.3 is 0 Å². The molecule has 40 heavy (non-hydrogen) atoms. The Hall–Kier alpha value is -3.78. The zero-order valence-corrected chi connectivity index (χ0v) is 24.2. The summed E-state index contributed by atoms with van der Waals surface area (Å²) in [6, 6.07) is 11.5. The quantitative estimate of drug-likeness (QED) is 0.126. The largest absolute Gasteiger partial charge is 0.507 e. The lowest BCUT2D eigenvalue weighted by molar-refractivity contribution is -0.140. The van der Waals surface area contributed by atoms with Crippen molar-refractivity contribution in [1.82, 2.24) is 9.80 Å². The van der Waals surface area contributed by atoms with Gasteiger partial charge in [0.15, 0.2) is 11.5 Å². The van der Waals surface area contributed by atoms with E-state index in [0.717, 1.165) is 26.1 Å². The van der Waals surface area contributed by atoms with Crippen LogP contribution in [0.25, 0.3) is 5.76 Å². The Labute approximate surface area is 237 Å². The Kier molecular flexibility index (Phi) is 11.6. The summed E-state index contributed by atoms with van der Waals surface area (Å²) in [4.78, 5) is 30.6. The van der Waals surface area contributed by atoms with Gasteiger partial charge in [0, 0.05) is 12.1 Å². The van der Waals surface area contributed by atoms with E-state index >= 15 is 0 Å². The fourth-order valence-electron chi connectivity index (χ4n) is 4.78. The summed E-state index contributed by atoms with van der Waals surface area (Å²) in [5.41, 5.74) is 1.14. The first-order valence-electron chi connectivity index (χ1n) is 14.1. The lowest BCUT2D eigenvalue weighted by atomic mass is 9.95. The topological polar surface area (TPSA) is 88.5 Å². The number of carbonyl (C=O) groups is 2. The highest BCUT2D eigenvalue weighted by Crippen LogP contribution is 2.42. The fraction of sp³-hybridized carbons (Fsp3) is 0.438. The van der Waals surface area contributed by atoms with Crippen LogP contribution in [-0.4, -0.2) is 72.6 Å². The number of carbonyl (C=O) groups excluding carboxylic acids is 2. The normalized spacial score (nSPS) is 16.4. The van der Waals surface area contributed by atoms with E-state index in [2.05, 4.69) is 25.3 Å². The van der Waals surface area contributed by atoms with Crippen LogP contribution < -0.4 is 14.2 Å². The van der Waals surface area contributed by atoms with Crippen molar-refractivity contribution in [3.63, 3.8) is 0 Å². The van der Waals surface area contributed by atoms with E-state index in [9.17, 15) is 14.7 Å². The molecule has 2 aromatic carbocycles. The summed E-state index contributed by atoms with van der Waals surface area (Å²) in [7, 11) is 0. The van der Waals surface area contributed by atoms with Crippen molar-refractivity contribution in [2.24, 2.45) is 0 Å². The first kappa shape index (κ1) is 30.8. The third-order valence-electron chi connectivity index (χ3n) is 6.85. The molecule has 8 heteroatoms. The van der Waals surface area contributed by atoms with Gasteiger partial charge in [0.2, 0.25) is 0 Å². The second-order valence-electron chi connectivity index (χ2n) is 9.48. The molecular formula is C32H42N2O6. The number of hydrogen-bond donors (Lipinski definition) is 1. The first-order chi connectivity index (χ1) is 19.4. The number of nitrogens with zero attached hydrogens (tertiary/aromatic N) is 2. The van der Waals surface area contributed by atoms with Gasteiger partial charge in [0.05, 0.1) is 24.8 Å². The Balaban J connectivity index is 2.07. The number of Topliss-reactive ketones (excluding diaryl/α,β-unsaturated/α-hetero) is 1. The van der Waals surface area contributed by atoms with E-state index in [1.54, 1.807) is 47.4 Å². The fourth-order valence-corrected chi connectivity index (χ4v) is 4.78. The molecule has 0 aromatic heterocycles. The van der Waals surface area contributed by atoms with E-state index in [0.29, 0.717) is 61.2 Å². The van der Waals surface area contributed by atoms with E-state index in [4.69, 9.17) is 14.2 Å². The van der Waals surface area contributed by atoms with Crippen molar-refractivity contribution in [2.75, 3.05) is 46.0 Å². The number of aliphatic hydroxyl groups is 1. The molecule has 1 saturated heterocycles. The molecular weight excluding hydrogens is 508 g/mol. The zero-order valence-electron chi connectivity index (χ0n) is 24.2. The lowest BCUT2D eigenvalue weighted by Gasteiger charge is -2.27. The summed E-state index contributed by atoms with van der Waals surface area (Å²) in [5.74, 6) is 0.144. The first-order valence-corrected chi connectivity index (χ1v) is 14.1. The van der Waals surface area contributed by atoms with Crippen molar-refractivity contribution in [3.05, 3.63) is 71.8 Å². The molecule has 1 amide bonds. The highest BCUT2D eigenvalue weighted by atomic mass is 16.5. The van der Waals surface area contributed by atoms with Crippen molar-refractivity contribution >= 4 is 17.4 Å². The standard InChI is InChI=1S/C32H42N2O6/c1-6-20-39-25-15-12-23(13-16-25)30(35)28-29(24-14-17-26(40-21-7-2)27(22-24)38-10-5)34(32(37)31(28)36)19-11-18-33(8-3)9-4/h7,12-17,22,29,35H,2,6,8-11,18-21H2,1,3-5H3. The predicted molar refractivity (Wildman–Crippen MR) is 157 cm³/mol. The van der Waals surface area contributed by atoms with Crippen LogP contribution in [0.5, 0.6) is 17.2 Å². The number of benzene rings is 2. The summed E-state index contributed by atoms with van der Waals surface area (Å²) >= 11 is 0. The molecule has 216 valence electrons. The number of likely N-dealkylation sites (tertiary alicyclic amines) is 1. The Morgan fingerprint density at radius 1 is 1.00 bits per heavy atom. The Morgan fingerprint density at radius 2 is 1.73 bits per heavy atom. The van der Waals surface area contributed by atoms with Crippen LogP contribution in [0.15, 0.2) is 60.7 Å². The maximum atomic E-state index is 13.4. The SMILES string of the molecule is C=CCOc1ccc(C2C(=C(O)c3ccc(OCCC)cc3)C(=O)C(=O)N2CCCN(CC)CC)cc1OCC. The minimum Gasteiger partial charge on any atom is -0.507 e. The van der Waals surface area contributed by atoms with Gasteiger partial charge in [-0.2, -0.15) is 0 Å². The third kappa shape index (κ3) is 7.24. The number of aliphatic hydroxyl groups excluding tert-OH is 1. The minimum atomic E-state index is -0.777. The summed E-state index contributed by atoms with van der Waals surface area (Å²) < 4.78 is 17.3. The maximum absolute atomic E-state index is 13.4. The number of rotatable bonds is 16. The van der Waals surface area contributed by atoms with Crippen molar-refractivity contribution in [2.45, 2.75) is 46.6 Å². The molecule has 3 rings (SSSR count). The average Bonchev–Trinajstić information content (AvgIpc) is 3.22. The molecule has 1 N–H and O–H groups in total. The van der Waals surface area contributed by atoms with Crippen molar-refractivity contribution < 1.29 is 28.9 Å². The molecule has 0 saturated carbocycles. The summed E-state index contributed by atoms with van der Waals surface area (Å²) in [5, 5.41) is 11.4. The summed E-state index contributed by atoms with van der Waals surface area (Å²) in [6.07, 6.45) is 3.21. The molecule has 1 aliphatic rings. The van der Waals surface area contributed by atoms with Crippen LogP contribution >= 0.6 is 0 Å². The smallest absolute Gasteiger partial charge is 0.295 e. The summed E-state index contributed by atoms with van der Waals surface area (Å²) in [6.45, 7) is 16.0. The van der Waals surface area contributed by atoms with Crippen molar-refractivity contribution in [3.8, 4) is 17.2 Å². The van der Waals surface area contributed by atoms with Gasteiger partial charge in [-0.3, -0.25) is 9.59 Å². The van der Waals surface area contributed by atoms with Gasteiger partial charge in [-0.15, -0.1) is 0 Å². The van der Waals surface area contributed by atoms with E-state index in [1.807, 2.05) is 19.9 Å². The highest BCUT2D eigenvalue weighted by Gasteiger charge is 2.46. The Bertz CT molecular complexity index is 1190. The van der Waals surface area contributed by atoms with Crippen LogP contribution in [0.4, 0.5) is 0 Å².